The highest BCUT2D eigenvalue weighted by atomic mass is 16.3. The van der Waals surface area contributed by atoms with Gasteiger partial charge in [0, 0.05) is 19.3 Å². The predicted molar refractivity (Wildman–Crippen MR) is 99.6 cm³/mol. The van der Waals surface area contributed by atoms with E-state index < -0.39 is 0 Å². The molecule has 0 spiro atoms. The predicted octanol–water partition coefficient (Wildman–Crippen LogP) is 3.04. The van der Waals surface area contributed by atoms with E-state index in [9.17, 15) is 5.11 Å². The van der Waals surface area contributed by atoms with Gasteiger partial charge in [0.1, 0.15) is 5.82 Å². The summed E-state index contributed by atoms with van der Waals surface area (Å²) < 4.78 is 2.35. The second-order valence-corrected chi connectivity index (χ2v) is 7.63. The average molecular weight is 339 g/mol. The summed E-state index contributed by atoms with van der Waals surface area (Å²) >= 11 is 0. The SMILES string of the molecule is Cn1c(C2CCCN2CC(O)Cc2ccccc2)nc2c1CCCC2. The number of aliphatic hydroxyl groups is 1. The number of hydrogen-bond acceptors (Lipinski definition) is 3. The highest BCUT2D eigenvalue weighted by Crippen LogP contribution is 2.34. The van der Waals surface area contributed by atoms with Crippen molar-refractivity contribution >= 4 is 0 Å². The fourth-order valence-corrected chi connectivity index (χ4v) is 4.56. The molecule has 1 aromatic carbocycles. The molecule has 2 atom stereocenters. The van der Waals surface area contributed by atoms with Crippen molar-refractivity contribution in [3.8, 4) is 0 Å². The van der Waals surface area contributed by atoms with Crippen molar-refractivity contribution < 1.29 is 5.11 Å². The van der Waals surface area contributed by atoms with Crippen LogP contribution in [0.5, 0.6) is 0 Å². The van der Waals surface area contributed by atoms with Crippen LogP contribution in [0.4, 0.5) is 0 Å². The molecule has 0 saturated carbocycles. The zero-order chi connectivity index (χ0) is 17.2. The maximum absolute atomic E-state index is 10.6. The molecule has 4 rings (SSSR count). The third-order valence-electron chi connectivity index (χ3n) is 5.83. The number of nitrogens with zero attached hydrogens (tertiary/aromatic N) is 3. The van der Waals surface area contributed by atoms with Gasteiger partial charge in [0.05, 0.1) is 17.8 Å². The summed E-state index contributed by atoms with van der Waals surface area (Å²) in [6, 6.07) is 10.7. The molecule has 4 nitrogen and oxygen atoms in total. The molecule has 25 heavy (non-hydrogen) atoms. The molecule has 0 radical (unpaired) electrons. The number of benzene rings is 1. The summed E-state index contributed by atoms with van der Waals surface area (Å²) in [6.07, 6.45) is 7.61. The first kappa shape index (κ1) is 16.8. The van der Waals surface area contributed by atoms with Crippen molar-refractivity contribution in [1.29, 1.82) is 0 Å². The Morgan fingerprint density at radius 2 is 1.96 bits per heavy atom. The van der Waals surface area contributed by atoms with Gasteiger partial charge in [0.15, 0.2) is 0 Å². The minimum Gasteiger partial charge on any atom is -0.391 e. The van der Waals surface area contributed by atoms with Gasteiger partial charge >= 0.3 is 0 Å². The van der Waals surface area contributed by atoms with Crippen LogP contribution < -0.4 is 0 Å². The number of β-amino-alcohol motifs (C(OH)–C–C–N with tert-alkyl or cyclic N) is 1. The Morgan fingerprint density at radius 1 is 1.16 bits per heavy atom. The van der Waals surface area contributed by atoms with Crippen molar-refractivity contribution in [3.05, 3.63) is 53.1 Å². The maximum atomic E-state index is 10.6. The van der Waals surface area contributed by atoms with Crippen molar-refractivity contribution in [3.63, 3.8) is 0 Å². The lowest BCUT2D eigenvalue weighted by Crippen LogP contribution is -2.34. The molecule has 2 aromatic rings. The summed E-state index contributed by atoms with van der Waals surface area (Å²) in [4.78, 5) is 7.46. The molecule has 4 heteroatoms. The van der Waals surface area contributed by atoms with Gasteiger partial charge in [-0.2, -0.15) is 0 Å². The van der Waals surface area contributed by atoms with Crippen LogP contribution in [-0.2, 0) is 26.3 Å². The smallest absolute Gasteiger partial charge is 0.126 e. The minimum atomic E-state index is -0.321. The van der Waals surface area contributed by atoms with E-state index in [4.69, 9.17) is 4.98 Å². The van der Waals surface area contributed by atoms with E-state index in [-0.39, 0.29) is 6.10 Å². The van der Waals surface area contributed by atoms with Crippen LogP contribution in [0.3, 0.4) is 0 Å². The number of aryl methyl sites for hydroxylation is 1. The zero-order valence-electron chi connectivity index (χ0n) is 15.2. The van der Waals surface area contributed by atoms with Crippen LogP contribution >= 0.6 is 0 Å². The number of likely N-dealkylation sites (tertiary alicyclic amines) is 1. The van der Waals surface area contributed by atoms with Gasteiger partial charge in [-0.05, 0) is 57.1 Å². The van der Waals surface area contributed by atoms with Crippen LogP contribution in [0.15, 0.2) is 30.3 Å². The Morgan fingerprint density at radius 3 is 2.76 bits per heavy atom. The number of fused-ring (bicyclic) bond motifs is 1. The lowest BCUT2D eigenvalue weighted by Gasteiger charge is -2.26. The zero-order valence-corrected chi connectivity index (χ0v) is 15.2. The van der Waals surface area contributed by atoms with Crippen molar-refractivity contribution in [2.24, 2.45) is 7.05 Å². The van der Waals surface area contributed by atoms with Gasteiger partial charge < -0.3 is 9.67 Å². The number of rotatable bonds is 5. The third kappa shape index (κ3) is 3.51. The van der Waals surface area contributed by atoms with E-state index >= 15 is 0 Å². The summed E-state index contributed by atoms with van der Waals surface area (Å²) in [7, 11) is 2.18. The maximum Gasteiger partial charge on any atom is 0.126 e. The van der Waals surface area contributed by atoms with Gasteiger partial charge in [0.2, 0.25) is 0 Å². The quantitative estimate of drug-likeness (QED) is 0.910. The topological polar surface area (TPSA) is 41.3 Å². The van der Waals surface area contributed by atoms with Crippen molar-refractivity contribution in [2.45, 2.75) is 57.1 Å². The van der Waals surface area contributed by atoms with Crippen LogP contribution in [0.1, 0.15) is 54.5 Å². The highest BCUT2D eigenvalue weighted by Gasteiger charge is 2.32. The summed E-state index contributed by atoms with van der Waals surface area (Å²) in [5.41, 5.74) is 3.97. The number of aliphatic hydroxyl groups excluding tert-OH is 1. The first-order valence-electron chi connectivity index (χ1n) is 9.73. The van der Waals surface area contributed by atoms with Gasteiger partial charge in [-0.3, -0.25) is 4.90 Å². The Labute approximate surface area is 150 Å². The second-order valence-electron chi connectivity index (χ2n) is 7.63. The average Bonchev–Trinajstić information content (AvgIpc) is 3.20. The van der Waals surface area contributed by atoms with Gasteiger partial charge in [-0.1, -0.05) is 30.3 Å². The molecule has 1 N–H and O–H groups in total. The molecule has 2 unspecified atom stereocenters. The monoisotopic (exact) mass is 339 g/mol. The van der Waals surface area contributed by atoms with E-state index in [0.717, 1.165) is 32.4 Å². The summed E-state index contributed by atoms with van der Waals surface area (Å²) in [5, 5.41) is 10.6. The van der Waals surface area contributed by atoms with E-state index in [0.29, 0.717) is 6.04 Å². The van der Waals surface area contributed by atoms with Crippen LogP contribution in [0.25, 0.3) is 0 Å². The Balaban J connectivity index is 1.46. The van der Waals surface area contributed by atoms with E-state index in [1.165, 1.54) is 48.5 Å². The molecule has 2 heterocycles. The Kier molecular flexibility index (Phi) is 4.91. The van der Waals surface area contributed by atoms with Gasteiger partial charge in [-0.25, -0.2) is 4.98 Å². The fourth-order valence-electron chi connectivity index (χ4n) is 4.56. The lowest BCUT2D eigenvalue weighted by atomic mass is 10.0. The largest absolute Gasteiger partial charge is 0.391 e. The van der Waals surface area contributed by atoms with E-state index in [2.05, 4.69) is 28.6 Å². The molecule has 2 aliphatic rings. The first-order chi connectivity index (χ1) is 12.2. The van der Waals surface area contributed by atoms with Crippen molar-refractivity contribution in [1.82, 2.24) is 14.5 Å². The lowest BCUT2D eigenvalue weighted by molar-refractivity contribution is 0.103. The van der Waals surface area contributed by atoms with E-state index in [1.54, 1.807) is 0 Å². The molecular weight excluding hydrogens is 310 g/mol. The first-order valence-corrected chi connectivity index (χ1v) is 9.73. The molecular formula is C21H29N3O. The molecule has 1 aromatic heterocycles. The molecule has 134 valence electrons. The summed E-state index contributed by atoms with van der Waals surface area (Å²) in [5.74, 6) is 1.22. The number of hydrogen-bond donors (Lipinski definition) is 1. The molecule has 1 saturated heterocycles. The fraction of sp³-hybridized carbons (Fsp3) is 0.571. The highest BCUT2D eigenvalue weighted by molar-refractivity contribution is 5.22. The Hall–Kier alpha value is -1.65. The normalized spacial score (nSPS) is 22.1. The van der Waals surface area contributed by atoms with Crippen LogP contribution in [-0.4, -0.2) is 38.8 Å². The Bertz CT molecular complexity index is 709. The molecule has 1 fully saturated rings. The molecule has 1 aliphatic heterocycles. The van der Waals surface area contributed by atoms with Crippen LogP contribution in [0.2, 0.25) is 0 Å². The minimum absolute atomic E-state index is 0.321. The van der Waals surface area contributed by atoms with Gasteiger partial charge in [-0.15, -0.1) is 0 Å². The second kappa shape index (κ2) is 7.30. The number of aromatic nitrogens is 2. The molecule has 1 aliphatic carbocycles. The van der Waals surface area contributed by atoms with Crippen LogP contribution in [0, 0.1) is 0 Å². The number of imidazole rings is 1. The standard InChI is InChI=1S/C21H29N3O/c1-23-19-11-6-5-10-18(19)22-21(23)20-12-7-13-24(20)15-17(25)14-16-8-3-2-4-9-16/h2-4,8-9,17,20,25H,5-7,10-15H2,1H3. The van der Waals surface area contributed by atoms with Gasteiger partial charge in [0.25, 0.3) is 0 Å². The molecule has 0 amide bonds. The summed E-state index contributed by atoms with van der Waals surface area (Å²) in [6.45, 7) is 1.80. The third-order valence-corrected chi connectivity index (χ3v) is 5.83. The molecule has 0 bridgehead atoms. The van der Waals surface area contributed by atoms with E-state index in [1.807, 2.05) is 18.2 Å². The van der Waals surface area contributed by atoms with Crippen molar-refractivity contribution in [2.75, 3.05) is 13.1 Å².